The maximum atomic E-state index is 12.5. The van der Waals surface area contributed by atoms with E-state index in [4.69, 9.17) is 9.47 Å². The fraction of sp³-hybridized carbons (Fsp3) is 0.381. The van der Waals surface area contributed by atoms with Gasteiger partial charge in [-0.25, -0.2) is 4.79 Å². The van der Waals surface area contributed by atoms with Gasteiger partial charge in [-0.05, 0) is 36.8 Å². The van der Waals surface area contributed by atoms with Crippen molar-refractivity contribution in [3.05, 3.63) is 53.6 Å². The summed E-state index contributed by atoms with van der Waals surface area (Å²) in [6.45, 7) is 5.65. The summed E-state index contributed by atoms with van der Waals surface area (Å²) in [4.78, 5) is 16.7. The van der Waals surface area contributed by atoms with Crippen molar-refractivity contribution in [2.45, 2.75) is 13.5 Å². The number of nitrogens with one attached hydrogen (secondary N) is 1. The van der Waals surface area contributed by atoms with Crippen molar-refractivity contribution in [3.8, 4) is 11.5 Å². The molecule has 1 heterocycles. The quantitative estimate of drug-likeness (QED) is 0.880. The Kier molecular flexibility index (Phi) is 6.06. The number of piperazine rings is 1. The minimum Gasteiger partial charge on any atom is -0.493 e. The lowest BCUT2D eigenvalue weighted by atomic mass is 10.2. The van der Waals surface area contributed by atoms with Gasteiger partial charge in [-0.1, -0.05) is 23.8 Å². The largest absolute Gasteiger partial charge is 0.493 e. The van der Waals surface area contributed by atoms with E-state index < -0.39 is 0 Å². The second kappa shape index (κ2) is 8.66. The summed E-state index contributed by atoms with van der Waals surface area (Å²) >= 11 is 0. The molecule has 0 saturated carbocycles. The van der Waals surface area contributed by atoms with Crippen molar-refractivity contribution in [2.24, 2.45) is 0 Å². The van der Waals surface area contributed by atoms with Gasteiger partial charge >= 0.3 is 6.03 Å². The molecule has 1 fully saturated rings. The minimum absolute atomic E-state index is 0.0339. The fourth-order valence-corrected chi connectivity index (χ4v) is 3.20. The molecule has 1 aliphatic heterocycles. The summed E-state index contributed by atoms with van der Waals surface area (Å²) in [5.41, 5.74) is 3.44. The van der Waals surface area contributed by atoms with E-state index in [-0.39, 0.29) is 6.03 Å². The Bertz CT molecular complexity index is 769. The number of ether oxygens (including phenoxy) is 2. The highest BCUT2D eigenvalue weighted by atomic mass is 16.5. The van der Waals surface area contributed by atoms with E-state index in [0.29, 0.717) is 31.1 Å². The molecule has 1 N–H and O–H groups in total. The second-order valence-electron chi connectivity index (χ2n) is 6.66. The number of hydrogen-bond acceptors (Lipinski definition) is 4. The van der Waals surface area contributed by atoms with Crippen LogP contribution < -0.4 is 19.7 Å². The van der Waals surface area contributed by atoms with Crippen LogP contribution in [0, 0.1) is 6.92 Å². The van der Waals surface area contributed by atoms with Gasteiger partial charge in [-0.2, -0.15) is 0 Å². The van der Waals surface area contributed by atoms with Crippen molar-refractivity contribution in [1.29, 1.82) is 0 Å². The van der Waals surface area contributed by atoms with Crippen molar-refractivity contribution in [3.63, 3.8) is 0 Å². The number of methoxy groups -OCH3 is 2. The summed E-state index contributed by atoms with van der Waals surface area (Å²) in [6.07, 6.45) is 0. The Labute approximate surface area is 160 Å². The Morgan fingerprint density at radius 3 is 2.26 bits per heavy atom. The van der Waals surface area contributed by atoms with E-state index in [0.717, 1.165) is 18.7 Å². The molecule has 1 aliphatic rings. The number of carbonyl (C=O) groups excluding carboxylic acids is 1. The number of nitrogens with zero attached hydrogens (tertiary/aromatic N) is 2. The van der Waals surface area contributed by atoms with Crippen molar-refractivity contribution >= 4 is 11.7 Å². The lowest BCUT2D eigenvalue weighted by Crippen LogP contribution is -2.51. The summed E-state index contributed by atoms with van der Waals surface area (Å²) in [5.74, 6) is 1.34. The molecule has 0 aliphatic carbocycles. The Hall–Kier alpha value is -2.89. The molecule has 1 saturated heterocycles. The lowest BCUT2D eigenvalue weighted by molar-refractivity contribution is 0.194. The zero-order valence-electron chi connectivity index (χ0n) is 16.2. The zero-order chi connectivity index (χ0) is 19.2. The van der Waals surface area contributed by atoms with Gasteiger partial charge in [0.1, 0.15) is 0 Å². The Balaban J connectivity index is 1.50. The monoisotopic (exact) mass is 369 g/mol. The predicted molar refractivity (Wildman–Crippen MR) is 107 cm³/mol. The van der Waals surface area contributed by atoms with Crippen LogP contribution in [-0.2, 0) is 6.54 Å². The zero-order valence-corrected chi connectivity index (χ0v) is 16.2. The summed E-state index contributed by atoms with van der Waals surface area (Å²) < 4.78 is 10.5. The number of urea groups is 1. The molecule has 0 radical (unpaired) electrons. The average Bonchev–Trinajstić information content (AvgIpc) is 2.72. The van der Waals surface area contributed by atoms with Gasteiger partial charge in [0, 0.05) is 38.4 Å². The van der Waals surface area contributed by atoms with E-state index >= 15 is 0 Å². The summed E-state index contributed by atoms with van der Waals surface area (Å²) in [7, 11) is 3.21. The molecule has 0 atom stereocenters. The first-order valence-electron chi connectivity index (χ1n) is 9.16. The molecule has 2 aromatic carbocycles. The van der Waals surface area contributed by atoms with Crippen LogP contribution >= 0.6 is 0 Å². The van der Waals surface area contributed by atoms with Crippen LogP contribution in [-0.4, -0.2) is 51.3 Å². The molecule has 2 aromatic rings. The molecule has 2 amide bonds. The van der Waals surface area contributed by atoms with Crippen molar-refractivity contribution < 1.29 is 14.3 Å². The molecule has 0 bridgehead atoms. The van der Waals surface area contributed by atoms with Crippen LogP contribution in [0.25, 0.3) is 0 Å². The van der Waals surface area contributed by atoms with Gasteiger partial charge in [0.2, 0.25) is 0 Å². The number of anilines is 1. The first-order valence-corrected chi connectivity index (χ1v) is 9.16. The third-order valence-corrected chi connectivity index (χ3v) is 4.86. The standard InChI is InChI=1S/C21H27N3O3/c1-16-4-7-18(8-5-16)23-10-12-24(13-11-23)21(25)22-15-17-6-9-19(26-2)20(14-17)27-3/h4-9,14H,10-13,15H2,1-3H3,(H,22,25). The van der Waals surface area contributed by atoms with E-state index in [9.17, 15) is 4.79 Å². The van der Waals surface area contributed by atoms with Gasteiger partial charge < -0.3 is 24.6 Å². The van der Waals surface area contributed by atoms with Gasteiger partial charge in [-0.3, -0.25) is 0 Å². The molecule has 3 rings (SSSR count). The SMILES string of the molecule is COc1ccc(CNC(=O)N2CCN(c3ccc(C)cc3)CC2)cc1OC. The molecule has 144 valence electrons. The molecule has 0 aromatic heterocycles. The highest BCUT2D eigenvalue weighted by molar-refractivity contribution is 5.74. The van der Waals surface area contributed by atoms with Gasteiger partial charge in [0.25, 0.3) is 0 Å². The smallest absolute Gasteiger partial charge is 0.317 e. The normalized spacial score (nSPS) is 14.0. The topological polar surface area (TPSA) is 54.0 Å². The molecule has 0 spiro atoms. The third-order valence-electron chi connectivity index (χ3n) is 4.86. The van der Waals surface area contributed by atoms with Crippen LogP contribution in [0.5, 0.6) is 11.5 Å². The number of carbonyl (C=O) groups is 1. The Morgan fingerprint density at radius 2 is 1.63 bits per heavy atom. The first-order chi connectivity index (χ1) is 13.1. The molecule has 6 heteroatoms. The van der Waals surface area contributed by atoms with Crippen LogP contribution in [0.4, 0.5) is 10.5 Å². The van der Waals surface area contributed by atoms with E-state index in [2.05, 4.69) is 41.4 Å². The van der Waals surface area contributed by atoms with E-state index in [1.165, 1.54) is 11.3 Å². The lowest BCUT2D eigenvalue weighted by Gasteiger charge is -2.36. The maximum absolute atomic E-state index is 12.5. The van der Waals surface area contributed by atoms with Crippen LogP contribution in [0.2, 0.25) is 0 Å². The van der Waals surface area contributed by atoms with E-state index in [1.54, 1.807) is 14.2 Å². The molecular formula is C21H27N3O3. The van der Waals surface area contributed by atoms with Crippen LogP contribution in [0.3, 0.4) is 0 Å². The molecule has 27 heavy (non-hydrogen) atoms. The fourth-order valence-electron chi connectivity index (χ4n) is 3.20. The average molecular weight is 369 g/mol. The first kappa shape index (κ1) is 18.9. The minimum atomic E-state index is -0.0339. The predicted octanol–water partition coefficient (Wildman–Crippen LogP) is 3.04. The van der Waals surface area contributed by atoms with Gasteiger partial charge in [0.15, 0.2) is 11.5 Å². The molecular weight excluding hydrogens is 342 g/mol. The highest BCUT2D eigenvalue weighted by Gasteiger charge is 2.21. The third kappa shape index (κ3) is 4.64. The maximum Gasteiger partial charge on any atom is 0.317 e. The van der Waals surface area contributed by atoms with Gasteiger partial charge in [-0.15, -0.1) is 0 Å². The van der Waals surface area contributed by atoms with Gasteiger partial charge in [0.05, 0.1) is 14.2 Å². The summed E-state index contributed by atoms with van der Waals surface area (Å²) in [5, 5.41) is 2.99. The number of amides is 2. The number of aryl methyl sites for hydroxylation is 1. The number of benzene rings is 2. The van der Waals surface area contributed by atoms with Crippen molar-refractivity contribution in [1.82, 2.24) is 10.2 Å². The van der Waals surface area contributed by atoms with Crippen molar-refractivity contribution in [2.75, 3.05) is 45.3 Å². The number of rotatable bonds is 5. The highest BCUT2D eigenvalue weighted by Crippen LogP contribution is 2.27. The molecule has 6 nitrogen and oxygen atoms in total. The second-order valence-corrected chi connectivity index (χ2v) is 6.66. The summed E-state index contributed by atoms with van der Waals surface area (Å²) in [6, 6.07) is 14.2. The van der Waals surface area contributed by atoms with E-state index in [1.807, 2.05) is 23.1 Å². The number of hydrogen-bond donors (Lipinski definition) is 1. The molecule has 0 unspecified atom stereocenters. The van der Waals surface area contributed by atoms with Crippen LogP contribution in [0.15, 0.2) is 42.5 Å². The van der Waals surface area contributed by atoms with Crippen LogP contribution in [0.1, 0.15) is 11.1 Å². The Morgan fingerprint density at radius 1 is 0.963 bits per heavy atom.